The van der Waals surface area contributed by atoms with E-state index in [2.05, 4.69) is 0 Å². The number of nitrogens with two attached hydrogens (primary N) is 1. The Labute approximate surface area is 74.4 Å². The molecule has 0 aromatic heterocycles. The third-order valence-electron chi connectivity index (χ3n) is 1.90. The van der Waals surface area contributed by atoms with Gasteiger partial charge in [0, 0.05) is 5.69 Å². The first-order valence-corrected chi connectivity index (χ1v) is 3.83. The minimum Gasteiger partial charge on any atom is -0.399 e. The maximum Gasteiger partial charge on any atom is 0.395 e. The fourth-order valence-electron chi connectivity index (χ4n) is 1.02. The summed E-state index contributed by atoms with van der Waals surface area (Å²) in [4.78, 5) is 0. The minimum atomic E-state index is -4.20. The van der Waals surface area contributed by atoms with Crippen molar-refractivity contribution in [3.05, 3.63) is 29.8 Å². The van der Waals surface area contributed by atoms with Crippen LogP contribution in [0.2, 0.25) is 0 Å². The van der Waals surface area contributed by atoms with Crippen molar-refractivity contribution >= 4 is 5.69 Å². The third kappa shape index (κ3) is 2.37. The number of hydrogen-bond donors (Lipinski definition) is 1. The van der Waals surface area contributed by atoms with Crippen LogP contribution >= 0.6 is 0 Å². The predicted octanol–water partition coefficient (Wildman–Crippen LogP) is 2.93. The van der Waals surface area contributed by atoms with Crippen LogP contribution in [0, 0.1) is 0 Å². The van der Waals surface area contributed by atoms with Gasteiger partial charge < -0.3 is 5.73 Å². The molecule has 13 heavy (non-hydrogen) atoms. The first-order chi connectivity index (χ1) is 5.91. The highest BCUT2D eigenvalue weighted by Gasteiger charge is 2.36. The van der Waals surface area contributed by atoms with Gasteiger partial charge in [-0.1, -0.05) is 12.1 Å². The molecule has 0 aliphatic rings. The smallest absolute Gasteiger partial charge is 0.395 e. The average Bonchev–Trinajstić information content (AvgIpc) is 2.01. The molecule has 0 saturated heterocycles. The molecule has 0 heterocycles. The highest BCUT2D eigenvalue weighted by atomic mass is 19.4. The first kappa shape index (κ1) is 9.89. The van der Waals surface area contributed by atoms with Crippen molar-refractivity contribution in [2.45, 2.75) is 19.0 Å². The molecular weight excluding hydrogens is 179 g/mol. The van der Waals surface area contributed by atoms with E-state index in [9.17, 15) is 13.2 Å². The molecule has 0 amide bonds. The van der Waals surface area contributed by atoms with Crippen LogP contribution in [0.5, 0.6) is 0 Å². The van der Waals surface area contributed by atoms with Gasteiger partial charge in [-0.3, -0.25) is 0 Å². The molecular formula is C9H10F3N. The van der Waals surface area contributed by atoms with Gasteiger partial charge in [0.05, 0.1) is 5.92 Å². The fourth-order valence-corrected chi connectivity index (χ4v) is 1.02. The van der Waals surface area contributed by atoms with Gasteiger partial charge in [-0.05, 0) is 24.6 Å². The van der Waals surface area contributed by atoms with Crippen molar-refractivity contribution in [3.8, 4) is 0 Å². The van der Waals surface area contributed by atoms with Crippen LogP contribution in [-0.4, -0.2) is 6.18 Å². The zero-order chi connectivity index (χ0) is 10.1. The highest BCUT2D eigenvalue weighted by molar-refractivity contribution is 5.41. The molecule has 0 radical (unpaired) electrons. The Kier molecular flexibility index (Phi) is 2.50. The molecule has 2 N–H and O–H groups in total. The number of anilines is 1. The third-order valence-corrected chi connectivity index (χ3v) is 1.90. The molecule has 1 nitrogen and oxygen atoms in total. The summed E-state index contributed by atoms with van der Waals surface area (Å²) >= 11 is 0. The monoisotopic (exact) mass is 189 g/mol. The van der Waals surface area contributed by atoms with E-state index < -0.39 is 12.1 Å². The normalized spacial score (nSPS) is 14.2. The largest absolute Gasteiger partial charge is 0.399 e. The molecule has 0 fully saturated rings. The molecule has 1 aromatic carbocycles. The number of nitrogen functional groups attached to an aromatic ring is 1. The summed E-state index contributed by atoms with van der Waals surface area (Å²) in [5.41, 5.74) is 5.93. The lowest BCUT2D eigenvalue weighted by Crippen LogP contribution is -2.17. The van der Waals surface area contributed by atoms with Crippen LogP contribution in [0.3, 0.4) is 0 Å². The maximum atomic E-state index is 12.2. The molecule has 4 heteroatoms. The maximum absolute atomic E-state index is 12.2. The molecule has 1 atom stereocenters. The zero-order valence-corrected chi connectivity index (χ0v) is 7.10. The number of halogens is 3. The summed E-state index contributed by atoms with van der Waals surface area (Å²) in [5.74, 6) is -1.46. The van der Waals surface area contributed by atoms with Crippen molar-refractivity contribution in [1.29, 1.82) is 0 Å². The van der Waals surface area contributed by atoms with Gasteiger partial charge in [0.15, 0.2) is 0 Å². The van der Waals surface area contributed by atoms with E-state index in [4.69, 9.17) is 5.73 Å². The molecule has 0 spiro atoms. The second-order valence-electron chi connectivity index (χ2n) is 2.93. The summed E-state index contributed by atoms with van der Waals surface area (Å²) < 4.78 is 36.7. The first-order valence-electron chi connectivity index (χ1n) is 3.83. The number of benzene rings is 1. The Morgan fingerprint density at radius 2 is 1.92 bits per heavy atom. The SMILES string of the molecule is C[C@H](c1cccc(N)c1)C(F)(F)F. The van der Waals surface area contributed by atoms with Gasteiger partial charge in [-0.25, -0.2) is 0 Å². The molecule has 1 rings (SSSR count). The van der Waals surface area contributed by atoms with Gasteiger partial charge in [0.1, 0.15) is 0 Å². The summed E-state index contributed by atoms with van der Waals surface area (Å²) in [7, 11) is 0. The topological polar surface area (TPSA) is 26.0 Å². The van der Waals surface area contributed by atoms with E-state index in [0.29, 0.717) is 5.69 Å². The van der Waals surface area contributed by atoms with Crippen LogP contribution < -0.4 is 5.73 Å². The summed E-state index contributed by atoms with van der Waals surface area (Å²) in [6, 6.07) is 5.85. The molecule has 0 aliphatic carbocycles. The van der Waals surface area contributed by atoms with Crippen molar-refractivity contribution in [3.63, 3.8) is 0 Å². The van der Waals surface area contributed by atoms with E-state index in [1.807, 2.05) is 0 Å². The van der Waals surface area contributed by atoms with Crippen LogP contribution in [0.4, 0.5) is 18.9 Å². The quantitative estimate of drug-likeness (QED) is 0.675. The van der Waals surface area contributed by atoms with Gasteiger partial charge in [0.25, 0.3) is 0 Å². The van der Waals surface area contributed by atoms with E-state index in [-0.39, 0.29) is 5.56 Å². The molecule has 72 valence electrons. The van der Waals surface area contributed by atoms with Gasteiger partial charge >= 0.3 is 6.18 Å². The van der Waals surface area contributed by atoms with E-state index in [1.54, 1.807) is 6.07 Å². The number of hydrogen-bond acceptors (Lipinski definition) is 1. The molecule has 0 unspecified atom stereocenters. The lowest BCUT2D eigenvalue weighted by Gasteiger charge is -2.15. The van der Waals surface area contributed by atoms with Crippen LogP contribution in [0.1, 0.15) is 18.4 Å². The Bertz CT molecular complexity index is 293. The highest BCUT2D eigenvalue weighted by Crippen LogP contribution is 2.34. The lowest BCUT2D eigenvalue weighted by molar-refractivity contribution is -0.146. The second kappa shape index (κ2) is 3.28. The number of rotatable bonds is 1. The van der Waals surface area contributed by atoms with Gasteiger partial charge in [-0.2, -0.15) is 13.2 Å². The molecule has 1 aromatic rings. The summed E-state index contributed by atoms with van der Waals surface area (Å²) in [6.45, 7) is 1.12. The van der Waals surface area contributed by atoms with Gasteiger partial charge in [-0.15, -0.1) is 0 Å². The molecule has 0 saturated carbocycles. The van der Waals surface area contributed by atoms with Crippen molar-refractivity contribution in [1.82, 2.24) is 0 Å². The standard InChI is InChI=1S/C9H10F3N/c1-6(9(10,11)12)7-3-2-4-8(13)5-7/h2-6H,13H2,1H3/t6-/m1/s1. The van der Waals surface area contributed by atoms with Crippen molar-refractivity contribution in [2.75, 3.05) is 5.73 Å². The van der Waals surface area contributed by atoms with Crippen LogP contribution in [-0.2, 0) is 0 Å². The zero-order valence-electron chi connectivity index (χ0n) is 7.10. The average molecular weight is 189 g/mol. The van der Waals surface area contributed by atoms with Crippen molar-refractivity contribution in [2.24, 2.45) is 0 Å². The lowest BCUT2D eigenvalue weighted by atomic mass is 10.0. The van der Waals surface area contributed by atoms with Crippen LogP contribution in [0.15, 0.2) is 24.3 Å². The Balaban J connectivity index is 2.96. The van der Waals surface area contributed by atoms with E-state index >= 15 is 0 Å². The predicted molar refractivity (Wildman–Crippen MR) is 45.3 cm³/mol. The summed E-state index contributed by atoms with van der Waals surface area (Å²) in [6.07, 6.45) is -4.20. The Hall–Kier alpha value is -1.19. The van der Waals surface area contributed by atoms with E-state index in [0.717, 1.165) is 6.92 Å². The van der Waals surface area contributed by atoms with Gasteiger partial charge in [0.2, 0.25) is 0 Å². The van der Waals surface area contributed by atoms with Crippen molar-refractivity contribution < 1.29 is 13.2 Å². The number of alkyl halides is 3. The van der Waals surface area contributed by atoms with Crippen LogP contribution in [0.25, 0.3) is 0 Å². The molecule has 0 aliphatic heterocycles. The molecule has 0 bridgehead atoms. The van der Waals surface area contributed by atoms with E-state index in [1.165, 1.54) is 18.2 Å². The second-order valence-corrected chi connectivity index (χ2v) is 2.93. The Morgan fingerprint density at radius 1 is 1.31 bits per heavy atom. The fraction of sp³-hybridized carbons (Fsp3) is 0.333. The summed E-state index contributed by atoms with van der Waals surface area (Å²) in [5, 5.41) is 0. The Morgan fingerprint density at radius 3 is 2.38 bits per heavy atom. The minimum absolute atomic E-state index is 0.201.